The molecular formula is C17H19N3O. The van der Waals surface area contributed by atoms with Gasteiger partial charge < -0.3 is 14.5 Å². The standard InChI is InChI=1S/C17H19N3O/c1-21-16-7-3-2-6-14(16)9-10-18-12-15-13-20-11-5-4-8-17(20)19-15/h2-8,11,13,18H,9-10,12H2,1H3. The summed E-state index contributed by atoms with van der Waals surface area (Å²) in [7, 11) is 1.71. The van der Waals surface area contributed by atoms with Crippen molar-refractivity contribution in [1.82, 2.24) is 14.7 Å². The molecule has 0 aliphatic carbocycles. The largest absolute Gasteiger partial charge is 0.496 e. The first-order chi connectivity index (χ1) is 10.4. The number of para-hydroxylation sites is 1. The van der Waals surface area contributed by atoms with Gasteiger partial charge in [-0.05, 0) is 36.7 Å². The zero-order valence-electron chi connectivity index (χ0n) is 12.1. The van der Waals surface area contributed by atoms with Crippen LogP contribution >= 0.6 is 0 Å². The molecule has 1 aromatic carbocycles. The number of benzene rings is 1. The number of nitrogens with zero attached hydrogens (tertiary/aromatic N) is 2. The van der Waals surface area contributed by atoms with E-state index in [1.807, 2.05) is 47.0 Å². The molecule has 3 aromatic rings. The zero-order chi connectivity index (χ0) is 14.5. The molecule has 0 fully saturated rings. The lowest BCUT2D eigenvalue weighted by Crippen LogP contribution is -2.17. The molecule has 0 bridgehead atoms. The molecule has 3 rings (SSSR count). The number of hydrogen-bond acceptors (Lipinski definition) is 3. The number of rotatable bonds is 6. The quantitative estimate of drug-likeness (QED) is 0.706. The molecule has 4 nitrogen and oxygen atoms in total. The predicted octanol–water partition coefficient (Wildman–Crippen LogP) is 2.68. The molecule has 21 heavy (non-hydrogen) atoms. The van der Waals surface area contributed by atoms with Crippen molar-refractivity contribution in [2.24, 2.45) is 0 Å². The second-order valence-corrected chi connectivity index (χ2v) is 4.94. The highest BCUT2D eigenvalue weighted by molar-refractivity contribution is 5.39. The van der Waals surface area contributed by atoms with Crippen molar-refractivity contribution >= 4 is 5.65 Å². The van der Waals surface area contributed by atoms with Crippen LogP contribution in [-0.4, -0.2) is 23.0 Å². The normalized spacial score (nSPS) is 10.9. The minimum Gasteiger partial charge on any atom is -0.496 e. The van der Waals surface area contributed by atoms with Crippen LogP contribution in [0.2, 0.25) is 0 Å². The molecule has 0 saturated carbocycles. The Kier molecular flexibility index (Phi) is 4.17. The summed E-state index contributed by atoms with van der Waals surface area (Å²) in [4.78, 5) is 4.57. The number of imidazole rings is 1. The highest BCUT2D eigenvalue weighted by Crippen LogP contribution is 2.17. The summed E-state index contributed by atoms with van der Waals surface area (Å²) < 4.78 is 7.40. The van der Waals surface area contributed by atoms with Gasteiger partial charge in [0.2, 0.25) is 0 Å². The number of ether oxygens (including phenoxy) is 1. The van der Waals surface area contributed by atoms with Gasteiger partial charge >= 0.3 is 0 Å². The highest BCUT2D eigenvalue weighted by Gasteiger charge is 2.02. The first-order valence-corrected chi connectivity index (χ1v) is 7.12. The highest BCUT2D eigenvalue weighted by atomic mass is 16.5. The Balaban J connectivity index is 1.54. The first kappa shape index (κ1) is 13.6. The Morgan fingerprint density at radius 2 is 2.00 bits per heavy atom. The van der Waals surface area contributed by atoms with Crippen molar-refractivity contribution in [3.05, 3.63) is 66.1 Å². The summed E-state index contributed by atoms with van der Waals surface area (Å²) in [5, 5.41) is 3.43. The molecule has 0 saturated heterocycles. The Morgan fingerprint density at radius 3 is 2.86 bits per heavy atom. The predicted molar refractivity (Wildman–Crippen MR) is 83.6 cm³/mol. The lowest BCUT2D eigenvalue weighted by molar-refractivity contribution is 0.409. The van der Waals surface area contributed by atoms with Crippen LogP contribution in [0.3, 0.4) is 0 Å². The van der Waals surface area contributed by atoms with E-state index in [0.717, 1.165) is 36.6 Å². The van der Waals surface area contributed by atoms with E-state index in [2.05, 4.69) is 22.6 Å². The molecule has 2 heterocycles. The van der Waals surface area contributed by atoms with E-state index in [1.54, 1.807) is 7.11 Å². The van der Waals surface area contributed by atoms with Crippen molar-refractivity contribution in [2.45, 2.75) is 13.0 Å². The van der Waals surface area contributed by atoms with Crippen LogP contribution in [0.1, 0.15) is 11.3 Å². The van der Waals surface area contributed by atoms with Gasteiger partial charge in [-0.1, -0.05) is 24.3 Å². The number of aromatic nitrogens is 2. The van der Waals surface area contributed by atoms with Gasteiger partial charge in [0.1, 0.15) is 11.4 Å². The van der Waals surface area contributed by atoms with E-state index in [9.17, 15) is 0 Å². The van der Waals surface area contributed by atoms with Crippen molar-refractivity contribution in [2.75, 3.05) is 13.7 Å². The molecule has 0 spiro atoms. The molecule has 0 radical (unpaired) electrons. The Bertz CT molecular complexity index is 688. The molecule has 1 N–H and O–H groups in total. The maximum Gasteiger partial charge on any atom is 0.137 e. The number of fused-ring (bicyclic) bond motifs is 1. The van der Waals surface area contributed by atoms with Crippen molar-refractivity contribution in [3.63, 3.8) is 0 Å². The third kappa shape index (κ3) is 3.23. The van der Waals surface area contributed by atoms with Gasteiger partial charge in [0.25, 0.3) is 0 Å². The topological polar surface area (TPSA) is 38.6 Å². The maximum absolute atomic E-state index is 5.36. The van der Waals surface area contributed by atoms with E-state index in [-0.39, 0.29) is 0 Å². The number of pyridine rings is 1. The number of methoxy groups -OCH3 is 1. The van der Waals surface area contributed by atoms with Gasteiger partial charge in [-0.25, -0.2) is 4.98 Å². The molecule has 108 valence electrons. The molecule has 2 aromatic heterocycles. The van der Waals surface area contributed by atoms with Gasteiger partial charge in [0.15, 0.2) is 0 Å². The van der Waals surface area contributed by atoms with E-state index < -0.39 is 0 Å². The van der Waals surface area contributed by atoms with Crippen molar-refractivity contribution < 1.29 is 4.74 Å². The third-order valence-corrected chi connectivity index (χ3v) is 3.48. The summed E-state index contributed by atoms with van der Waals surface area (Å²) in [6.45, 7) is 1.67. The molecule has 0 atom stereocenters. The second kappa shape index (κ2) is 6.41. The molecule has 0 aliphatic rings. The Morgan fingerprint density at radius 1 is 1.14 bits per heavy atom. The van der Waals surface area contributed by atoms with Crippen LogP contribution in [0.15, 0.2) is 54.9 Å². The Labute approximate surface area is 124 Å². The molecule has 4 heteroatoms. The Hall–Kier alpha value is -2.33. The summed E-state index contributed by atoms with van der Waals surface area (Å²) in [5.41, 5.74) is 3.27. The smallest absolute Gasteiger partial charge is 0.137 e. The number of hydrogen-bond donors (Lipinski definition) is 1. The van der Waals surface area contributed by atoms with E-state index >= 15 is 0 Å². The van der Waals surface area contributed by atoms with Gasteiger partial charge in [-0.15, -0.1) is 0 Å². The van der Waals surface area contributed by atoms with Crippen LogP contribution in [0, 0.1) is 0 Å². The van der Waals surface area contributed by atoms with Crippen LogP contribution in [0.5, 0.6) is 5.75 Å². The van der Waals surface area contributed by atoms with Crippen molar-refractivity contribution in [3.8, 4) is 5.75 Å². The van der Waals surface area contributed by atoms with Crippen LogP contribution in [0.25, 0.3) is 5.65 Å². The fourth-order valence-corrected chi connectivity index (χ4v) is 2.42. The second-order valence-electron chi connectivity index (χ2n) is 4.94. The minimum absolute atomic E-state index is 0.775. The van der Waals surface area contributed by atoms with E-state index in [4.69, 9.17) is 4.74 Å². The van der Waals surface area contributed by atoms with Gasteiger partial charge in [-0.3, -0.25) is 0 Å². The summed E-state index contributed by atoms with van der Waals surface area (Å²) in [5.74, 6) is 0.951. The fourth-order valence-electron chi connectivity index (χ4n) is 2.42. The number of nitrogens with one attached hydrogen (secondary N) is 1. The summed E-state index contributed by atoms with van der Waals surface area (Å²) >= 11 is 0. The maximum atomic E-state index is 5.36. The molecule has 0 unspecified atom stereocenters. The van der Waals surface area contributed by atoms with Crippen molar-refractivity contribution in [1.29, 1.82) is 0 Å². The third-order valence-electron chi connectivity index (χ3n) is 3.48. The first-order valence-electron chi connectivity index (χ1n) is 7.12. The van der Waals surface area contributed by atoms with Crippen LogP contribution in [-0.2, 0) is 13.0 Å². The lowest BCUT2D eigenvalue weighted by Gasteiger charge is -2.08. The minimum atomic E-state index is 0.775. The van der Waals surface area contributed by atoms with Crippen LogP contribution < -0.4 is 10.1 Å². The van der Waals surface area contributed by atoms with E-state index in [1.165, 1.54) is 5.56 Å². The molecular weight excluding hydrogens is 262 g/mol. The average Bonchev–Trinajstić information content (AvgIpc) is 2.94. The van der Waals surface area contributed by atoms with E-state index in [0.29, 0.717) is 0 Å². The molecule has 0 aliphatic heterocycles. The zero-order valence-corrected chi connectivity index (χ0v) is 12.1. The summed E-state index contributed by atoms with van der Waals surface area (Å²) in [6, 6.07) is 14.2. The summed E-state index contributed by atoms with van der Waals surface area (Å²) in [6.07, 6.45) is 5.02. The molecule has 0 amide bonds. The monoisotopic (exact) mass is 281 g/mol. The fraction of sp³-hybridized carbons (Fsp3) is 0.235. The average molecular weight is 281 g/mol. The van der Waals surface area contributed by atoms with Gasteiger partial charge in [0, 0.05) is 18.9 Å². The van der Waals surface area contributed by atoms with Gasteiger partial charge in [0.05, 0.1) is 12.8 Å². The van der Waals surface area contributed by atoms with Crippen LogP contribution in [0.4, 0.5) is 0 Å². The lowest BCUT2D eigenvalue weighted by atomic mass is 10.1. The van der Waals surface area contributed by atoms with Gasteiger partial charge in [-0.2, -0.15) is 0 Å². The SMILES string of the molecule is COc1ccccc1CCNCc1cn2ccccc2n1.